The van der Waals surface area contributed by atoms with Gasteiger partial charge in [0.25, 0.3) is 10.0 Å². The van der Waals surface area contributed by atoms with Gasteiger partial charge in [0.15, 0.2) is 0 Å². The van der Waals surface area contributed by atoms with Gasteiger partial charge in [0.1, 0.15) is 12.3 Å². The van der Waals surface area contributed by atoms with E-state index in [0.29, 0.717) is 11.4 Å². The summed E-state index contributed by atoms with van der Waals surface area (Å²) in [7, 11) is -1.02. The Balaban J connectivity index is 2.55. The summed E-state index contributed by atoms with van der Waals surface area (Å²) >= 11 is 1.52. The number of thioether (sulfide) groups is 1. The van der Waals surface area contributed by atoms with Gasteiger partial charge in [0.05, 0.1) is 17.7 Å². The third kappa shape index (κ3) is 4.26. The van der Waals surface area contributed by atoms with Gasteiger partial charge in [-0.25, -0.2) is 8.42 Å². The second-order valence-corrected chi connectivity index (χ2v) is 7.77. The number of methoxy groups -OCH3 is 1. The molecule has 1 amide bonds. The largest absolute Gasteiger partial charge is 0.495 e. The van der Waals surface area contributed by atoms with E-state index in [9.17, 15) is 13.2 Å². The number of sulfonamides is 1. The van der Waals surface area contributed by atoms with Crippen LogP contribution in [0.5, 0.6) is 5.75 Å². The van der Waals surface area contributed by atoms with E-state index in [0.717, 1.165) is 9.20 Å². The predicted molar refractivity (Wildman–Crippen MR) is 99.8 cm³/mol. The number of carbonyl (C=O) groups is 1. The van der Waals surface area contributed by atoms with Crippen LogP contribution in [-0.2, 0) is 14.8 Å². The van der Waals surface area contributed by atoms with Crippen molar-refractivity contribution in [3.8, 4) is 5.75 Å². The third-order valence-corrected chi connectivity index (χ3v) is 6.08. The molecule has 2 rings (SSSR count). The Labute approximate surface area is 152 Å². The number of anilines is 1. The minimum atomic E-state index is -3.93. The van der Waals surface area contributed by atoms with Crippen molar-refractivity contribution in [2.45, 2.75) is 9.79 Å². The lowest BCUT2D eigenvalue weighted by Gasteiger charge is -2.25. The molecule has 25 heavy (non-hydrogen) atoms. The van der Waals surface area contributed by atoms with E-state index in [-0.39, 0.29) is 11.4 Å². The van der Waals surface area contributed by atoms with E-state index in [1.165, 1.54) is 38.1 Å². The second kappa shape index (κ2) is 8.26. The number of amides is 1. The number of benzene rings is 2. The van der Waals surface area contributed by atoms with E-state index >= 15 is 0 Å². The average Bonchev–Trinajstić information content (AvgIpc) is 2.65. The summed E-state index contributed by atoms with van der Waals surface area (Å²) in [5.41, 5.74) is 0.308. The third-order valence-electron chi connectivity index (χ3n) is 3.57. The molecule has 2 aromatic carbocycles. The predicted octanol–water partition coefficient (Wildman–Crippen LogP) is 2.36. The summed E-state index contributed by atoms with van der Waals surface area (Å²) in [6.45, 7) is -0.344. The maximum Gasteiger partial charge on any atom is 0.264 e. The summed E-state index contributed by atoms with van der Waals surface area (Å²) in [5.74, 6) is -0.0501. The minimum absolute atomic E-state index is 0.111. The van der Waals surface area contributed by atoms with E-state index in [1.54, 1.807) is 36.4 Å². The van der Waals surface area contributed by atoms with Crippen LogP contribution < -0.4 is 14.4 Å². The zero-order chi connectivity index (χ0) is 18.4. The van der Waals surface area contributed by atoms with E-state index in [1.807, 2.05) is 6.26 Å². The second-order valence-electron chi connectivity index (χ2n) is 5.03. The molecule has 0 aliphatic carbocycles. The van der Waals surface area contributed by atoms with Crippen molar-refractivity contribution < 1.29 is 17.9 Å². The maximum atomic E-state index is 13.1. The summed E-state index contributed by atoms with van der Waals surface area (Å²) in [6, 6.07) is 13.2. The van der Waals surface area contributed by atoms with Crippen molar-refractivity contribution in [3.05, 3.63) is 48.5 Å². The molecule has 0 heterocycles. The van der Waals surface area contributed by atoms with Gasteiger partial charge in [0, 0.05) is 11.9 Å². The highest BCUT2D eigenvalue weighted by Gasteiger charge is 2.29. The van der Waals surface area contributed by atoms with E-state index in [2.05, 4.69) is 5.32 Å². The summed E-state index contributed by atoms with van der Waals surface area (Å²) in [4.78, 5) is 13.0. The zero-order valence-corrected chi connectivity index (χ0v) is 15.9. The molecular formula is C17H20N2O4S2. The highest BCUT2D eigenvalue weighted by Crippen LogP contribution is 2.32. The van der Waals surface area contributed by atoms with Crippen LogP contribution in [0.2, 0.25) is 0 Å². The van der Waals surface area contributed by atoms with Crippen molar-refractivity contribution in [2.75, 3.05) is 31.3 Å². The maximum absolute atomic E-state index is 13.1. The molecule has 2 aromatic rings. The number of para-hydroxylation sites is 2. The van der Waals surface area contributed by atoms with Crippen LogP contribution in [0.15, 0.2) is 58.3 Å². The fraction of sp³-hybridized carbons (Fsp3) is 0.235. The monoisotopic (exact) mass is 380 g/mol. The van der Waals surface area contributed by atoms with Crippen LogP contribution >= 0.6 is 11.8 Å². The lowest BCUT2D eigenvalue weighted by atomic mass is 10.3. The van der Waals surface area contributed by atoms with Gasteiger partial charge in [0.2, 0.25) is 5.91 Å². The first-order chi connectivity index (χ1) is 11.9. The number of nitrogens with zero attached hydrogens (tertiary/aromatic N) is 1. The van der Waals surface area contributed by atoms with Crippen molar-refractivity contribution in [1.29, 1.82) is 0 Å². The Morgan fingerprint density at radius 2 is 1.80 bits per heavy atom. The topological polar surface area (TPSA) is 75.7 Å². The Kier molecular flexibility index (Phi) is 6.33. The number of nitrogens with one attached hydrogen (secondary N) is 1. The van der Waals surface area contributed by atoms with Crippen molar-refractivity contribution in [2.24, 2.45) is 0 Å². The first-order valence-corrected chi connectivity index (χ1v) is 10.1. The number of hydrogen-bond donors (Lipinski definition) is 1. The molecule has 0 aliphatic heterocycles. The number of rotatable bonds is 7. The molecular weight excluding hydrogens is 360 g/mol. The van der Waals surface area contributed by atoms with Crippen LogP contribution in [-0.4, -0.2) is 41.3 Å². The molecule has 1 N–H and O–H groups in total. The Hall–Kier alpha value is -2.19. The number of ether oxygens (including phenoxy) is 1. The van der Waals surface area contributed by atoms with Crippen LogP contribution in [0.25, 0.3) is 0 Å². The van der Waals surface area contributed by atoms with Gasteiger partial charge in [-0.3, -0.25) is 9.10 Å². The molecule has 0 saturated heterocycles. The summed E-state index contributed by atoms with van der Waals surface area (Å²) in [5, 5.41) is 2.46. The normalized spacial score (nSPS) is 11.0. The molecule has 0 radical (unpaired) electrons. The van der Waals surface area contributed by atoms with Gasteiger partial charge in [-0.2, -0.15) is 0 Å². The molecule has 6 nitrogen and oxygen atoms in total. The molecule has 0 saturated carbocycles. The summed E-state index contributed by atoms with van der Waals surface area (Å²) < 4.78 is 32.6. The number of likely N-dealkylation sites (N-methyl/N-ethyl adjacent to an activating group) is 1. The van der Waals surface area contributed by atoms with Gasteiger partial charge >= 0.3 is 0 Å². The fourth-order valence-electron chi connectivity index (χ4n) is 2.22. The fourth-order valence-corrected chi connectivity index (χ4v) is 4.06. The van der Waals surface area contributed by atoms with Gasteiger partial charge in [-0.1, -0.05) is 12.1 Å². The molecule has 0 aromatic heterocycles. The van der Waals surface area contributed by atoms with E-state index in [4.69, 9.17) is 4.74 Å². The summed E-state index contributed by atoms with van der Waals surface area (Å²) in [6.07, 6.45) is 1.91. The van der Waals surface area contributed by atoms with Gasteiger partial charge in [-0.15, -0.1) is 11.8 Å². The molecule has 0 fully saturated rings. The molecule has 0 unspecified atom stereocenters. The smallest absolute Gasteiger partial charge is 0.264 e. The quantitative estimate of drug-likeness (QED) is 0.747. The standard InChI is InChI=1S/C17H20N2O4S2/c1-18-17(20)12-19(15-6-4-5-7-16(15)23-2)25(21,22)14-10-8-13(24-3)9-11-14/h4-11H,12H2,1-3H3,(H,18,20). The highest BCUT2D eigenvalue weighted by atomic mass is 32.2. The van der Waals surface area contributed by atoms with Crippen molar-refractivity contribution >= 4 is 33.4 Å². The lowest BCUT2D eigenvalue weighted by Crippen LogP contribution is -2.40. The molecule has 0 spiro atoms. The van der Waals surface area contributed by atoms with Crippen LogP contribution in [0.3, 0.4) is 0 Å². The van der Waals surface area contributed by atoms with Gasteiger partial charge in [-0.05, 0) is 42.7 Å². The van der Waals surface area contributed by atoms with Crippen molar-refractivity contribution in [3.63, 3.8) is 0 Å². The van der Waals surface area contributed by atoms with Crippen LogP contribution in [0.1, 0.15) is 0 Å². The zero-order valence-electron chi connectivity index (χ0n) is 14.2. The van der Waals surface area contributed by atoms with Crippen LogP contribution in [0, 0.1) is 0 Å². The molecule has 0 bridgehead atoms. The van der Waals surface area contributed by atoms with E-state index < -0.39 is 15.9 Å². The average molecular weight is 380 g/mol. The highest BCUT2D eigenvalue weighted by molar-refractivity contribution is 7.98. The van der Waals surface area contributed by atoms with Crippen molar-refractivity contribution in [1.82, 2.24) is 5.32 Å². The molecule has 8 heteroatoms. The molecule has 0 atom stereocenters. The number of carbonyl (C=O) groups excluding carboxylic acids is 1. The van der Waals surface area contributed by atoms with Crippen LogP contribution in [0.4, 0.5) is 5.69 Å². The Morgan fingerprint density at radius 1 is 1.16 bits per heavy atom. The number of hydrogen-bond acceptors (Lipinski definition) is 5. The lowest BCUT2D eigenvalue weighted by molar-refractivity contribution is -0.119. The Bertz CT molecular complexity index is 836. The molecule has 0 aliphatic rings. The Morgan fingerprint density at radius 3 is 2.36 bits per heavy atom. The van der Waals surface area contributed by atoms with Gasteiger partial charge < -0.3 is 10.1 Å². The first kappa shape index (κ1) is 19.1. The first-order valence-electron chi connectivity index (χ1n) is 7.44. The molecule has 134 valence electrons. The minimum Gasteiger partial charge on any atom is -0.495 e. The SMILES string of the molecule is CNC(=O)CN(c1ccccc1OC)S(=O)(=O)c1ccc(SC)cc1.